The molecule has 32 heavy (non-hydrogen) atoms. The summed E-state index contributed by atoms with van der Waals surface area (Å²) in [4.78, 5) is 23.0. The van der Waals surface area contributed by atoms with Crippen LogP contribution in [0.2, 0.25) is 0 Å². The zero-order valence-corrected chi connectivity index (χ0v) is 18.6. The topological polar surface area (TPSA) is 105 Å². The second-order valence-corrected chi connectivity index (χ2v) is 7.70. The Morgan fingerprint density at radius 3 is 2.59 bits per heavy atom. The van der Waals surface area contributed by atoms with Crippen LogP contribution in [-0.4, -0.2) is 10.8 Å². The van der Waals surface area contributed by atoms with Crippen LogP contribution in [-0.2, 0) is 11.4 Å². The Bertz CT molecular complexity index is 1230. The number of nitriles is 1. The van der Waals surface area contributed by atoms with Crippen LogP contribution in [0, 0.1) is 28.4 Å². The lowest BCUT2D eigenvalue weighted by Gasteiger charge is -2.10. The van der Waals surface area contributed by atoms with E-state index in [1.165, 1.54) is 24.3 Å². The highest BCUT2D eigenvalue weighted by Gasteiger charge is 2.14. The summed E-state index contributed by atoms with van der Waals surface area (Å²) >= 11 is 3.45. The third kappa shape index (κ3) is 5.80. The fourth-order valence-corrected chi connectivity index (χ4v) is 3.33. The van der Waals surface area contributed by atoms with Crippen LogP contribution in [0.15, 0.2) is 76.8 Å². The Morgan fingerprint density at radius 2 is 1.94 bits per heavy atom. The smallest absolute Gasteiger partial charge is 0.271 e. The summed E-state index contributed by atoms with van der Waals surface area (Å²) in [5.74, 6) is -0.0298. The summed E-state index contributed by atoms with van der Waals surface area (Å²) < 4.78 is 6.49. The molecule has 0 spiro atoms. The number of aryl methyl sites for hydroxylation is 1. The number of carbonyl (C=O) groups is 1. The SMILES string of the molecule is Cc1ccc([N+](=O)[O-])cc1NC(=O)/C(C#N)=C/c1ccc(OCc2ccccc2)c(Br)c1. The van der Waals surface area contributed by atoms with Gasteiger partial charge in [-0.05, 0) is 57.8 Å². The molecule has 0 unspecified atom stereocenters. The average molecular weight is 492 g/mol. The van der Waals surface area contributed by atoms with Crippen molar-refractivity contribution in [3.63, 3.8) is 0 Å². The van der Waals surface area contributed by atoms with E-state index in [-0.39, 0.29) is 16.9 Å². The minimum Gasteiger partial charge on any atom is -0.488 e. The molecule has 0 saturated carbocycles. The maximum absolute atomic E-state index is 12.6. The van der Waals surface area contributed by atoms with Gasteiger partial charge in [0, 0.05) is 12.1 Å². The molecule has 7 nitrogen and oxygen atoms in total. The predicted molar refractivity (Wildman–Crippen MR) is 125 cm³/mol. The standard InChI is InChI=1S/C24H18BrN3O4/c1-16-7-9-20(28(30)31)13-22(16)27-24(29)19(14-26)11-18-8-10-23(21(25)12-18)32-15-17-5-3-2-4-6-17/h2-13H,15H2,1H3,(H,27,29)/b19-11+. The van der Waals surface area contributed by atoms with Gasteiger partial charge in [0.25, 0.3) is 11.6 Å². The second-order valence-electron chi connectivity index (χ2n) is 6.84. The second kappa shape index (κ2) is 10.4. The van der Waals surface area contributed by atoms with Crippen LogP contribution in [0.4, 0.5) is 11.4 Å². The van der Waals surface area contributed by atoms with E-state index in [9.17, 15) is 20.2 Å². The van der Waals surface area contributed by atoms with Crippen molar-refractivity contribution in [1.29, 1.82) is 5.26 Å². The number of anilines is 1. The summed E-state index contributed by atoms with van der Waals surface area (Å²) in [5, 5.41) is 23.0. The van der Waals surface area contributed by atoms with E-state index in [0.29, 0.717) is 28.0 Å². The van der Waals surface area contributed by atoms with Gasteiger partial charge in [0.05, 0.1) is 15.1 Å². The largest absolute Gasteiger partial charge is 0.488 e. The molecule has 0 aliphatic rings. The first kappa shape index (κ1) is 22.7. The number of ether oxygens (including phenoxy) is 1. The Labute approximate surface area is 193 Å². The molecule has 3 rings (SSSR count). The number of nitrogens with one attached hydrogen (secondary N) is 1. The summed E-state index contributed by atoms with van der Waals surface area (Å²) in [7, 11) is 0. The number of nitro benzene ring substituents is 1. The number of non-ortho nitro benzene ring substituents is 1. The first-order chi connectivity index (χ1) is 15.4. The van der Waals surface area contributed by atoms with Gasteiger partial charge in [-0.1, -0.05) is 42.5 Å². The molecule has 1 N–H and O–H groups in total. The molecule has 0 radical (unpaired) electrons. The van der Waals surface area contributed by atoms with E-state index in [2.05, 4.69) is 21.2 Å². The van der Waals surface area contributed by atoms with Crippen molar-refractivity contribution in [3.8, 4) is 11.8 Å². The summed E-state index contributed by atoms with van der Waals surface area (Å²) in [6.45, 7) is 2.11. The lowest BCUT2D eigenvalue weighted by molar-refractivity contribution is -0.384. The summed E-state index contributed by atoms with van der Waals surface area (Å²) in [5.41, 5.74) is 2.28. The molecule has 8 heteroatoms. The molecule has 160 valence electrons. The number of amides is 1. The number of hydrogen-bond acceptors (Lipinski definition) is 5. The zero-order chi connectivity index (χ0) is 23.1. The molecule has 0 aliphatic heterocycles. The summed E-state index contributed by atoms with van der Waals surface area (Å²) in [6.07, 6.45) is 1.44. The fourth-order valence-electron chi connectivity index (χ4n) is 2.82. The molecule has 0 bridgehead atoms. The van der Waals surface area contributed by atoms with Gasteiger partial charge in [0.2, 0.25) is 0 Å². The number of nitrogens with zero attached hydrogens (tertiary/aromatic N) is 2. The van der Waals surface area contributed by atoms with Crippen LogP contribution in [0.5, 0.6) is 5.75 Å². The fraction of sp³-hybridized carbons (Fsp3) is 0.0833. The first-order valence-electron chi connectivity index (χ1n) is 9.52. The van der Waals surface area contributed by atoms with Crippen LogP contribution in [0.25, 0.3) is 6.08 Å². The van der Waals surface area contributed by atoms with Gasteiger partial charge in [-0.3, -0.25) is 14.9 Å². The van der Waals surface area contributed by atoms with Crippen LogP contribution in [0.3, 0.4) is 0 Å². The van der Waals surface area contributed by atoms with E-state index in [1.807, 2.05) is 36.4 Å². The molecule has 3 aromatic carbocycles. The lowest BCUT2D eigenvalue weighted by atomic mass is 10.1. The third-order valence-electron chi connectivity index (χ3n) is 4.55. The Hall–Kier alpha value is -3.96. The third-order valence-corrected chi connectivity index (χ3v) is 5.17. The van der Waals surface area contributed by atoms with Crippen molar-refractivity contribution >= 4 is 39.3 Å². The van der Waals surface area contributed by atoms with Crippen LogP contribution >= 0.6 is 15.9 Å². The van der Waals surface area contributed by atoms with E-state index in [1.54, 1.807) is 25.1 Å². The average Bonchev–Trinajstić information content (AvgIpc) is 2.78. The van der Waals surface area contributed by atoms with Crippen molar-refractivity contribution in [2.75, 3.05) is 5.32 Å². The molecule has 0 aliphatic carbocycles. The van der Waals surface area contributed by atoms with Gasteiger partial charge in [-0.25, -0.2) is 0 Å². The predicted octanol–water partition coefficient (Wildman–Crippen LogP) is 5.79. The van der Waals surface area contributed by atoms with Crippen molar-refractivity contribution < 1.29 is 14.5 Å². The van der Waals surface area contributed by atoms with Crippen molar-refractivity contribution in [1.82, 2.24) is 0 Å². The highest BCUT2D eigenvalue weighted by atomic mass is 79.9. The van der Waals surface area contributed by atoms with Crippen molar-refractivity contribution in [2.24, 2.45) is 0 Å². The minimum absolute atomic E-state index is 0.138. The molecular weight excluding hydrogens is 474 g/mol. The molecule has 0 saturated heterocycles. The highest BCUT2D eigenvalue weighted by Crippen LogP contribution is 2.28. The molecule has 0 fully saturated rings. The van der Waals surface area contributed by atoms with Gasteiger partial charge in [-0.15, -0.1) is 0 Å². The van der Waals surface area contributed by atoms with E-state index in [0.717, 1.165) is 5.56 Å². The first-order valence-corrected chi connectivity index (χ1v) is 10.3. The number of halogens is 1. The van der Waals surface area contributed by atoms with Crippen molar-refractivity contribution in [2.45, 2.75) is 13.5 Å². The highest BCUT2D eigenvalue weighted by molar-refractivity contribution is 9.10. The number of rotatable bonds is 7. The quantitative estimate of drug-likeness (QED) is 0.195. The number of benzene rings is 3. The minimum atomic E-state index is -0.656. The molecule has 3 aromatic rings. The van der Waals surface area contributed by atoms with Crippen LogP contribution < -0.4 is 10.1 Å². The van der Waals surface area contributed by atoms with E-state index >= 15 is 0 Å². The van der Waals surface area contributed by atoms with Gasteiger partial charge in [0.1, 0.15) is 24.0 Å². The monoisotopic (exact) mass is 491 g/mol. The van der Waals surface area contributed by atoms with Gasteiger partial charge in [0.15, 0.2) is 0 Å². The zero-order valence-electron chi connectivity index (χ0n) is 17.0. The lowest BCUT2D eigenvalue weighted by Crippen LogP contribution is -2.14. The number of hydrogen-bond donors (Lipinski definition) is 1. The van der Waals surface area contributed by atoms with E-state index < -0.39 is 10.8 Å². The molecule has 0 aromatic heterocycles. The molecule has 0 atom stereocenters. The Morgan fingerprint density at radius 1 is 1.19 bits per heavy atom. The molecular formula is C24H18BrN3O4. The number of nitro groups is 1. The molecule has 0 heterocycles. The van der Waals surface area contributed by atoms with Gasteiger partial charge < -0.3 is 10.1 Å². The van der Waals surface area contributed by atoms with Crippen LogP contribution in [0.1, 0.15) is 16.7 Å². The summed E-state index contributed by atoms with van der Waals surface area (Å²) in [6, 6.07) is 21.0. The van der Waals surface area contributed by atoms with Gasteiger partial charge >= 0.3 is 0 Å². The normalized spacial score (nSPS) is 10.8. The van der Waals surface area contributed by atoms with Crippen molar-refractivity contribution in [3.05, 3.63) is 104 Å². The van der Waals surface area contributed by atoms with Gasteiger partial charge in [-0.2, -0.15) is 5.26 Å². The number of carbonyl (C=O) groups excluding carboxylic acids is 1. The Kier molecular flexibility index (Phi) is 7.37. The maximum Gasteiger partial charge on any atom is 0.271 e. The maximum atomic E-state index is 12.6. The Balaban J connectivity index is 1.75. The van der Waals surface area contributed by atoms with E-state index in [4.69, 9.17) is 4.74 Å². The molecule has 1 amide bonds.